The number of hydrogen-bond donors (Lipinski definition) is 3. The van der Waals surface area contributed by atoms with Crippen LogP contribution in [0.15, 0.2) is 24.5 Å². The second-order valence-electron chi connectivity index (χ2n) is 4.30. The lowest BCUT2D eigenvalue weighted by molar-refractivity contribution is 0.0940. The van der Waals surface area contributed by atoms with Crippen molar-refractivity contribution in [2.45, 2.75) is 12.5 Å². The molecule has 5 heteroatoms. The van der Waals surface area contributed by atoms with Crippen molar-refractivity contribution in [1.29, 1.82) is 0 Å². The number of H-pyrrole nitrogens is 1. The molecule has 88 valence electrons. The van der Waals surface area contributed by atoms with Gasteiger partial charge in [0.05, 0.1) is 17.4 Å². The Labute approximate surface area is 98.6 Å². The highest BCUT2D eigenvalue weighted by Crippen LogP contribution is 2.12. The molecule has 1 aromatic carbocycles. The van der Waals surface area contributed by atoms with E-state index >= 15 is 0 Å². The molecule has 1 saturated heterocycles. The average Bonchev–Trinajstić information content (AvgIpc) is 2.97. The zero-order valence-electron chi connectivity index (χ0n) is 9.36. The molecule has 2 aromatic rings. The van der Waals surface area contributed by atoms with Gasteiger partial charge in [-0.2, -0.15) is 0 Å². The molecule has 2 heterocycles. The normalized spacial score (nSPS) is 19.6. The standard InChI is InChI=1S/C12H14N4O/c17-12(16-9-3-4-13-6-9)8-1-2-10-11(5-8)15-7-14-10/h1-2,5,7,9,13H,3-4,6H2,(H,14,15)(H,16,17)/t9-/m0/s1. The molecule has 3 N–H and O–H groups in total. The maximum Gasteiger partial charge on any atom is 0.251 e. The lowest BCUT2D eigenvalue weighted by Crippen LogP contribution is -2.36. The van der Waals surface area contributed by atoms with Crippen molar-refractivity contribution in [3.8, 4) is 0 Å². The van der Waals surface area contributed by atoms with Crippen molar-refractivity contribution in [3.05, 3.63) is 30.1 Å². The van der Waals surface area contributed by atoms with Crippen LogP contribution >= 0.6 is 0 Å². The lowest BCUT2D eigenvalue weighted by atomic mass is 10.1. The van der Waals surface area contributed by atoms with E-state index in [4.69, 9.17) is 0 Å². The zero-order valence-corrected chi connectivity index (χ0v) is 9.36. The van der Waals surface area contributed by atoms with Gasteiger partial charge in [-0.05, 0) is 31.2 Å². The Morgan fingerprint density at radius 1 is 1.47 bits per heavy atom. The van der Waals surface area contributed by atoms with Gasteiger partial charge in [-0.3, -0.25) is 4.79 Å². The van der Waals surface area contributed by atoms with Crippen LogP contribution in [0.3, 0.4) is 0 Å². The number of hydrogen-bond acceptors (Lipinski definition) is 3. The Kier molecular flexibility index (Phi) is 2.53. The molecule has 1 aromatic heterocycles. The monoisotopic (exact) mass is 230 g/mol. The SMILES string of the molecule is O=C(N[C@H]1CCNC1)c1ccc2nc[nH]c2c1. The van der Waals surface area contributed by atoms with Gasteiger partial charge in [0.2, 0.25) is 0 Å². The van der Waals surface area contributed by atoms with E-state index in [1.807, 2.05) is 12.1 Å². The van der Waals surface area contributed by atoms with Crippen LogP contribution in [-0.2, 0) is 0 Å². The number of carbonyl (C=O) groups is 1. The fourth-order valence-electron chi connectivity index (χ4n) is 2.12. The molecule has 1 atom stereocenters. The summed E-state index contributed by atoms with van der Waals surface area (Å²) in [6, 6.07) is 5.74. The number of aromatic nitrogens is 2. The summed E-state index contributed by atoms with van der Waals surface area (Å²) in [4.78, 5) is 19.1. The summed E-state index contributed by atoms with van der Waals surface area (Å²) in [7, 11) is 0. The first-order valence-electron chi connectivity index (χ1n) is 5.77. The minimum Gasteiger partial charge on any atom is -0.348 e. The fourth-order valence-corrected chi connectivity index (χ4v) is 2.12. The minimum absolute atomic E-state index is 0.0183. The summed E-state index contributed by atoms with van der Waals surface area (Å²) < 4.78 is 0. The molecule has 1 aliphatic heterocycles. The Hall–Kier alpha value is -1.88. The van der Waals surface area contributed by atoms with Gasteiger partial charge in [0.25, 0.3) is 5.91 Å². The van der Waals surface area contributed by atoms with Crippen molar-refractivity contribution in [2.75, 3.05) is 13.1 Å². The van der Waals surface area contributed by atoms with Gasteiger partial charge < -0.3 is 15.6 Å². The number of rotatable bonds is 2. The zero-order chi connectivity index (χ0) is 11.7. The van der Waals surface area contributed by atoms with Gasteiger partial charge in [-0.25, -0.2) is 4.98 Å². The van der Waals surface area contributed by atoms with Crippen molar-refractivity contribution in [2.24, 2.45) is 0 Å². The van der Waals surface area contributed by atoms with Crippen molar-refractivity contribution < 1.29 is 4.79 Å². The summed E-state index contributed by atoms with van der Waals surface area (Å²) in [5.41, 5.74) is 2.44. The highest BCUT2D eigenvalue weighted by Gasteiger charge is 2.17. The molecule has 1 fully saturated rings. The number of aromatic amines is 1. The molecule has 1 aliphatic rings. The number of carbonyl (C=O) groups excluding carboxylic acids is 1. The first-order valence-corrected chi connectivity index (χ1v) is 5.77. The third kappa shape index (κ3) is 2.01. The fraction of sp³-hybridized carbons (Fsp3) is 0.333. The molecule has 0 aliphatic carbocycles. The van der Waals surface area contributed by atoms with Gasteiger partial charge in [0.1, 0.15) is 0 Å². The number of benzene rings is 1. The quantitative estimate of drug-likeness (QED) is 0.709. The smallest absolute Gasteiger partial charge is 0.251 e. The molecule has 0 radical (unpaired) electrons. The van der Waals surface area contributed by atoms with Crippen LogP contribution in [-0.4, -0.2) is 35.0 Å². The van der Waals surface area contributed by atoms with Gasteiger partial charge in [-0.1, -0.05) is 0 Å². The van der Waals surface area contributed by atoms with E-state index in [1.54, 1.807) is 12.4 Å². The van der Waals surface area contributed by atoms with E-state index in [0.29, 0.717) is 5.56 Å². The van der Waals surface area contributed by atoms with E-state index in [1.165, 1.54) is 0 Å². The largest absolute Gasteiger partial charge is 0.348 e. The van der Waals surface area contributed by atoms with Crippen LogP contribution in [0.1, 0.15) is 16.8 Å². The van der Waals surface area contributed by atoms with Crippen molar-refractivity contribution >= 4 is 16.9 Å². The lowest BCUT2D eigenvalue weighted by Gasteiger charge is -2.11. The number of nitrogens with zero attached hydrogens (tertiary/aromatic N) is 1. The van der Waals surface area contributed by atoms with Crippen LogP contribution in [0.2, 0.25) is 0 Å². The number of fused-ring (bicyclic) bond motifs is 1. The minimum atomic E-state index is -0.0183. The molecule has 5 nitrogen and oxygen atoms in total. The molecule has 3 rings (SSSR count). The summed E-state index contributed by atoms with van der Waals surface area (Å²) >= 11 is 0. The van der Waals surface area contributed by atoms with E-state index in [9.17, 15) is 4.79 Å². The highest BCUT2D eigenvalue weighted by atomic mass is 16.1. The molecular formula is C12H14N4O. The number of imidazole rings is 1. The van der Waals surface area contributed by atoms with Crippen LogP contribution in [0, 0.1) is 0 Å². The molecular weight excluding hydrogens is 216 g/mol. The van der Waals surface area contributed by atoms with Crippen molar-refractivity contribution in [3.63, 3.8) is 0 Å². The summed E-state index contributed by atoms with van der Waals surface area (Å²) in [6.07, 6.45) is 2.63. The highest BCUT2D eigenvalue weighted by molar-refractivity contribution is 5.97. The second-order valence-corrected chi connectivity index (χ2v) is 4.30. The summed E-state index contributed by atoms with van der Waals surface area (Å²) in [6.45, 7) is 1.84. The Balaban J connectivity index is 1.79. The molecule has 1 amide bonds. The molecule has 17 heavy (non-hydrogen) atoms. The van der Waals surface area contributed by atoms with Gasteiger partial charge in [0.15, 0.2) is 0 Å². The number of amides is 1. The topological polar surface area (TPSA) is 69.8 Å². The maximum absolute atomic E-state index is 12.0. The van der Waals surface area contributed by atoms with E-state index in [2.05, 4.69) is 20.6 Å². The molecule has 0 unspecified atom stereocenters. The van der Waals surface area contributed by atoms with E-state index in [0.717, 1.165) is 30.5 Å². The molecule has 0 bridgehead atoms. The Morgan fingerprint density at radius 2 is 2.41 bits per heavy atom. The first kappa shape index (κ1) is 10.3. The van der Waals surface area contributed by atoms with Crippen molar-refractivity contribution in [1.82, 2.24) is 20.6 Å². The van der Waals surface area contributed by atoms with Gasteiger partial charge in [-0.15, -0.1) is 0 Å². The predicted molar refractivity (Wildman–Crippen MR) is 64.8 cm³/mol. The molecule has 0 saturated carbocycles. The Morgan fingerprint density at radius 3 is 3.24 bits per heavy atom. The third-order valence-electron chi connectivity index (χ3n) is 3.08. The van der Waals surface area contributed by atoms with Gasteiger partial charge in [0, 0.05) is 18.2 Å². The predicted octanol–water partition coefficient (Wildman–Crippen LogP) is 0.655. The van der Waals surface area contributed by atoms with Crippen LogP contribution < -0.4 is 10.6 Å². The first-order chi connectivity index (χ1) is 8.33. The van der Waals surface area contributed by atoms with E-state index in [-0.39, 0.29) is 11.9 Å². The average molecular weight is 230 g/mol. The van der Waals surface area contributed by atoms with Crippen LogP contribution in [0.25, 0.3) is 11.0 Å². The number of nitrogens with one attached hydrogen (secondary N) is 3. The van der Waals surface area contributed by atoms with Gasteiger partial charge >= 0.3 is 0 Å². The summed E-state index contributed by atoms with van der Waals surface area (Å²) in [5.74, 6) is -0.0183. The van der Waals surface area contributed by atoms with Crippen LogP contribution in [0.5, 0.6) is 0 Å². The third-order valence-corrected chi connectivity index (χ3v) is 3.08. The Bertz CT molecular complexity index is 542. The molecule has 0 spiro atoms. The maximum atomic E-state index is 12.0. The summed E-state index contributed by atoms with van der Waals surface area (Å²) in [5, 5.41) is 6.24. The van der Waals surface area contributed by atoms with Crippen LogP contribution in [0.4, 0.5) is 0 Å². The van der Waals surface area contributed by atoms with E-state index < -0.39 is 0 Å². The second kappa shape index (κ2) is 4.18.